The molecule has 0 spiro atoms. The van der Waals surface area contributed by atoms with Gasteiger partial charge in [-0.15, -0.1) is 12.4 Å². The van der Waals surface area contributed by atoms with Crippen LogP contribution < -0.4 is 15.8 Å². The highest BCUT2D eigenvalue weighted by molar-refractivity contribution is 7.92. The molecule has 1 aliphatic rings. The van der Waals surface area contributed by atoms with E-state index in [2.05, 4.69) is 10.0 Å². The van der Waals surface area contributed by atoms with E-state index in [1.165, 1.54) is 0 Å². The van der Waals surface area contributed by atoms with Gasteiger partial charge in [0, 0.05) is 11.6 Å². The standard InChI is InChI=1S/C14H21N3O3S.ClH/c1-21(19,20)17-12-6-3-5-11(8-12)16-14(18)13-7-2-4-10(13)9-15;/h3,5-6,8,10,13,17H,2,4,7,9,15H2,1H3,(H,16,18);1H/t10-,13-;/m1./s1. The molecular formula is C14H22ClN3O3S. The summed E-state index contributed by atoms with van der Waals surface area (Å²) in [5.74, 6) is 0.142. The first-order valence-electron chi connectivity index (χ1n) is 6.98. The van der Waals surface area contributed by atoms with Crippen molar-refractivity contribution in [2.75, 3.05) is 22.8 Å². The van der Waals surface area contributed by atoms with Crippen LogP contribution in [0.2, 0.25) is 0 Å². The van der Waals surface area contributed by atoms with Crippen LogP contribution in [-0.4, -0.2) is 27.1 Å². The van der Waals surface area contributed by atoms with Crippen molar-refractivity contribution in [2.45, 2.75) is 19.3 Å². The Kier molecular flexibility index (Phi) is 6.65. The molecule has 6 nitrogen and oxygen atoms in total. The first-order chi connectivity index (χ1) is 9.89. The third kappa shape index (κ3) is 5.15. The van der Waals surface area contributed by atoms with Crippen LogP contribution in [0.15, 0.2) is 24.3 Å². The van der Waals surface area contributed by atoms with Crippen molar-refractivity contribution in [2.24, 2.45) is 17.6 Å². The minimum Gasteiger partial charge on any atom is -0.330 e. The summed E-state index contributed by atoms with van der Waals surface area (Å²) in [6.07, 6.45) is 3.96. The number of amides is 1. The van der Waals surface area contributed by atoms with E-state index in [9.17, 15) is 13.2 Å². The average molecular weight is 348 g/mol. The van der Waals surface area contributed by atoms with Crippen LogP contribution in [0.4, 0.5) is 11.4 Å². The van der Waals surface area contributed by atoms with E-state index in [4.69, 9.17) is 5.73 Å². The molecule has 2 rings (SSSR count). The Morgan fingerprint density at radius 2 is 2.00 bits per heavy atom. The maximum atomic E-state index is 12.3. The van der Waals surface area contributed by atoms with Gasteiger partial charge in [-0.2, -0.15) is 0 Å². The fourth-order valence-corrected chi connectivity index (χ4v) is 3.33. The Labute approximate surface area is 137 Å². The molecule has 0 bridgehead atoms. The number of benzene rings is 1. The molecule has 4 N–H and O–H groups in total. The molecule has 1 aromatic rings. The Hall–Kier alpha value is -1.31. The van der Waals surface area contributed by atoms with Crippen LogP contribution >= 0.6 is 12.4 Å². The van der Waals surface area contributed by atoms with Gasteiger partial charge < -0.3 is 11.1 Å². The molecule has 0 heterocycles. The lowest BCUT2D eigenvalue weighted by Gasteiger charge is -2.17. The molecule has 1 saturated carbocycles. The maximum absolute atomic E-state index is 12.3. The smallest absolute Gasteiger partial charge is 0.229 e. The number of anilines is 2. The largest absolute Gasteiger partial charge is 0.330 e. The highest BCUT2D eigenvalue weighted by Crippen LogP contribution is 2.32. The minimum absolute atomic E-state index is 0. The number of nitrogens with one attached hydrogen (secondary N) is 2. The van der Waals surface area contributed by atoms with Crippen molar-refractivity contribution < 1.29 is 13.2 Å². The van der Waals surface area contributed by atoms with E-state index in [1.807, 2.05) is 0 Å². The fourth-order valence-electron chi connectivity index (χ4n) is 2.77. The number of nitrogens with two attached hydrogens (primary N) is 1. The van der Waals surface area contributed by atoms with Crippen LogP contribution in [0, 0.1) is 11.8 Å². The van der Waals surface area contributed by atoms with Gasteiger partial charge >= 0.3 is 0 Å². The van der Waals surface area contributed by atoms with Crippen molar-refractivity contribution >= 4 is 39.7 Å². The fraction of sp³-hybridized carbons (Fsp3) is 0.500. The molecular weight excluding hydrogens is 326 g/mol. The minimum atomic E-state index is -3.33. The van der Waals surface area contributed by atoms with E-state index in [-0.39, 0.29) is 30.2 Å². The lowest BCUT2D eigenvalue weighted by Crippen LogP contribution is -2.29. The lowest BCUT2D eigenvalue weighted by atomic mass is 9.95. The summed E-state index contributed by atoms with van der Waals surface area (Å²) in [5.41, 5.74) is 6.70. The second-order valence-electron chi connectivity index (χ2n) is 5.48. The summed E-state index contributed by atoms with van der Waals surface area (Å²) in [4.78, 5) is 12.3. The topological polar surface area (TPSA) is 101 Å². The molecule has 124 valence electrons. The molecule has 1 fully saturated rings. The van der Waals surface area contributed by atoms with E-state index in [1.54, 1.807) is 24.3 Å². The van der Waals surface area contributed by atoms with Gasteiger partial charge in [-0.25, -0.2) is 8.42 Å². The highest BCUT2D eigenvalue weighted by atomic mass is 35.5. The predicted octanol–water partition coefficient (Wildman–Crippen LogP) is 1.79. The number of hydrogen-bond acceptors (Lipinski definition) is 4. The zero-order valence-electron chi connectivity index (χ0n) is 12.4. The van der Waals surface area contributed by atoms with Gasteiger partial charge in [-0.05, 0) is 43.5 Å². The number of carbonyl (C=O) groups excluding carboxylic acids is 1. The van der Waals surface area contributed by atoms with E-state index >= 15 is 0 Å². The zero-order valence-corrected chi connectivity index (χ0v) is 14.0. The summed E-state index contributed by atoms with van der Waals surface area (Å²) in [7, 11) is -3.33. The number of halogens is 1. The molecule has 8 heteroatoms. The van der Waals surface area contributed by atoms with E-state index in [0.717, 1.165) is 25.5 Å². The number of hydrogen-bond donors (Lipinski definition) is 3. The molecule has 22 heavy (non-hydrogen) atoms. The second-order valence-corrected chi connectivity index (χ2v) is 7.23. The second kappa shape index (κ2) is 7.80. The van der Waals surface area contributed by atoms with E-state index in [0.29, 0.717) is 17.9 Å². The molecule has 1 aliphatic carbocycles. The van der Waals surface area contributed by atoms with Crippen molar-refractivity contribution in [3.05, 3.63) is 24.3 Å². The van der Waals surface area contributed by atoms with Gasteiger partial charge in [0.1, 0.15) is 0 Å². The molecule has 1 amide bonds. The van der Waals surface area contributed by atoms with Gasteiger partial charge in [0.15, 0.2) is 0 Å². The number of sulfonamides is 1. The number of carbonyl (C=O) groups is 1. The third-order valence-electron chi connectivity index (χ3n) is 3.73. The van der Waals surface area contributed by atoms with Crippen LogP contribution in [0.25, 0.3) is 0 Å². The van der Waals surface area contributed by atoms with Crippen molar-refractivity contribution in [1.29, 1.82) is 0 Å². The van der Waals surface area contributed by atoms with Gasteiger partial charge in [0.25, 0.3) is 0 Å². The summed E-state index contributed by atoms with van der Waals surface area (Å²) >= 11 is 0. The Morgan fingerprint density at radius 1 is 1.32 bits per heavy atom. The zero-order chi connectivity index (χ0) is 15.5. The van der Waals surface area contributed by atoms with Crippen molar-refractivity contribution in [3.63, 3.8) is 0 Å². The predicted molar refractivity (Wildman–Crippen MR) is 90.7 cm³/mol. The first kappa shape index (κ1) is 18.7. The molecule has 0 saturated heterocycles. The summed E-state index contributed by atoms with van der Waals surface area (Å²) in [5, 5.41) is 2.85. The van der Waals surface area contributed by atoms with Crippen LogP contribution in [0.5, 0.6) is 0 Å². The van der Waals surface area contributed by atoms with Crippen LogP contribution in [0.3, 0.4) is 0 Å². The summed E-state index contributed by atoms with van der Waals surface area (Å²) in [6.45, 7) is 0.522. The molecule has 0 radical (unpaired) electrons. The van der Waals surface area contributed by atoms with E-state index < -0.39 is 10.0 Å². The third-order valence-corrected chi connectivity index (χ3v) is 4.34. The van der Waals surface area contributed by atoms with Gasteiger partial charge in [-0.3, -0.25) is 9.52 Å². The van der Waals surface area contributed by atoms with Gasteiger partial charge in [-0.1, -0.05) is 12.5 Å². The SMILES string of the molecule is CS(=O)(=O)Nc1cccc(NC(=O)[C@@H]2CCC[C@@H]2CN)c1.Cl. The highest BCUT2D eigenvalue weighted by Gasteiger charge is 2.31. The summed E-state index contributed by atoms with van der Waals surface area (Å²) < 4.78 is 24.8. The van der Waals surface area contributed by atoms with Crippen LogP contribution in [-0.2, 0) is 14.8 Å². The Morgan fingerprint density at radius 3 is 2.64 bits per heavy atom. The monoisotopic (exact) mass is 347 g/mol. The maximum Gasteiger partial charge on any atom is 0.229 e. The van der Waals surface area contributed by atoms with Crippen molar-refractivity contribution in [3.8, 4) is 0 Å². The summed E-state index contributed by atoms with van der Waals surface area (Å²) in [6, 6.07) is 6.66. The molecule has 1 aromatic carbocycles. The normalized spacial score (nSPS) is 21.0. The first-order valence-corrected chi connectivity index (χ1v) is 8.87. The van der Waals surface area contributed by atoms with Gasteiger partial charge in [0.2, 0.25) is 15.9 Å². The molecule has 0 unspecified atom stereocenters. The Balaban J connectivity index is 0.00000242. The molecule has 0 aliphatic heterocycles. The Bertz CT molecular complexity index is 622. The molecule has 2 atom stereocenters. The average Bonchev–Trinajstić information content (AvgIpc) is 2.85. The van der Waals surface area contributed by atoms with Gasteiger partial charge in [0.05, 0.1) is 11.9 Å². The van der Waals surface area contributed by atoms with Crippen LogP contribution in [0.1, 0.15) is 19.3 Å². The molecule has 0 aromatic heterocycles. The quantitative estimate of drug-likeness (QED) is 0.755. The lowest BCUT2D eigenvalue weighted by molar-refractivity contribution is -0.120. The van der Waals surface area contributed by atoms with Crippen molar-refractivity contribution in [1.82, 2.24) is 0 Å². The number of rotatable bonds is 5.